The van der Waals surface area contributed by atoms with Gasteiger partial charge in [0, 0.05) is 10.7 Å². The van der Waals surface area contributed by atoms with E-state index in [9.17, 15) is 8.42 Å². The molecule has 2 N–H and O–H groups in total. The van der Waals surface area contributed by atoms with Gasteiger partial charge in [0.05, 0.1) is 6.54 Å². The third kappa shape index (κ3) is 3.81. The Labute approximate surface area is 125 Å². The van der Waals surface area contributed by atoms with Crippen molar-refractivity contribution >= 4 is 26.0 Å². The summed E-state index contributed by atoms with van der Waals surface area (Å²) in [6.45, 7) is 2.61. The maximum atomic E-state index is 11.2. The first kappa shape index (κ1) is 15.0. The second-order valence-corrected chi connectivity index (χ2v) is 6.59. The molecule has 0 atom stereocenters. The highest BCUT2D eigenvalue weighted by molar-refractivity contribution is 9.10. The third-order valence-corrected chi connectivity index (χ3v) is 3.97. The van der Waals surface area contributed by atoms with Gasteiger partial charge in [0.2, 0.25) is 0 Å². The Kier molecular flexibility index (Phi) is 4.46. The van der Waals surface area contributed by atoms with Crippen LogP contribution in [0.5, 0.6) is 5.75 Å². The molecule has 1 aromatic carbocycles. The number of imidazole rings is 1. The molecule has 0 aliphatic carbocycles. The molecule has 20 heavy (non-hydrogen) atoms. The maximum absolute atomic E-state index is 11.2. The van der Waals surface area contributed by atoms with Crippen molar-refractivity contribution in [3.63, 3.8) is 0 Å². The van der Waals surface area contributed by atoms with Crippen molar-refractivity contribution in [3.8, 4) is 5.75 Å². The molecule has 0 aliphatic rings. The largest absolute Gasteiger partial charge is 0.492 e. The molecule has 0 aliphatic heterocycles. The second kappa shape index (κ2) is 5.94. The lowest BCUT2D eigenvalue weighted by Crippen LogP contribution is -2.12. The standard InChI is InChI=1S/C12H14BrN3O3S/c1-9-15-12(20(14,17)18)8-16(9)6-7-19-11-4-2-10(13)3-5-11/h2-5,8H,6-7H2,1H3,(H2,14,17,18). The fraction of sp³-hybridized carbons (Fsp3) is 0.250. The van der Waals surface area contributed by atoms with Crippen LogP contribution < -0.4 is 9.88 Å². The third-order valence-electron chi connectivity index (χ3n) is 2.66. The number of hydrogen-bond acceptors (Lipinski definition) is 4. The zero-order valence-electron chi connectivity index (χ0n) is 10.8. The first-order chi connectivity index (χ1) is 9.36. The average Bonchev–Trinajstić information content (AvgIpc) is 2.74. The molecule has 6 nitrogen and oxygen atoms in total. The van der Waals surface area contributed by atoms with Gasteiger partial charge in [0.1, 0.15) is 18.2 Å². The van der Waals surface area contributed by atoms with Crippen LogP contribution in [-0.4, -0.2) is 24.6 Å². The Morgan fingerprint density at radius 2 is 2.00 bits per heavy atom. The van der Waals surface area contributed by atoms with Crippen LogP contribution in [-0.2, 0) is 16.6 Å². The summed E-state index contributed by atoms with van der Waals surface area (Å²) in [5.41, 5.74) is 0. The van der Waals surface area contributed by atoms with Gasteiger partial charge in [-0.15, -0.1) is 0 Å². The lowest BCUT2D eigenvalue weighted by Gasteiger charge is -2.07. The zero-order valence-corrected chi connectivity index (χ0v) is 13.2. The van der Waals surface area contributed by atoms with Crippen molar-refractivity contribution in [3.05, 3.63) is 40.8 Å². The van der Waals surface area contributed by atoms with Gasteiger partial charge in [0.25, 0.3) is 10.0 Å². The first-order valence-electron chi connectivity index (χ1n) is 5.81. The monoisotopic (exact) mass is 359 g/mol. The van der Waals surface area contributed by atoms with Gasteiger partial charge in [-0.3, -0.25) is 0 Å². The number of benzene rings is 1. The van der Waals surface area contributed by atoms with Gasteiger partial charge in [-0.2, -0.15) is 0 Å². The molecule has 0 saturated heterocycles. The minimum atomic E-state index is -3.76. The summed E-state index contributed by atoms with van der Waals surface area (Å²) in [5.74, 6) is 1.33. The van der Waals surface area contributed by atoms with E-state index in [0.717, 1.165) is 10.2 Å². The quantitative estimate of drug-likeness (QED) is 0.879. The van der Waals surface area contributed by atoms with Crippen molar-refractivity contribution < 1.29 is 13.2 Å². The van der Waals surface area contributed by atoms with E-state index in [-0.39, 0.29) is 5.03 Å². The number of nitrogens with zero attached hydrogens (tertiary/aromatic N) is 2. The lowest BCUT2D eigenvalue weighted by molar-refractivity contribution is 0.297. The van der Waals surface area contributed by atoms with E-state index in [1.807, 2.05) is 24.3 Å². The molecule has 0 spiro atoms. The number of sulfonamides is 1. The average molecular weight is 360 g/mol. The summed E-state index contributed by atoms with van der Waals surface area (Å²) in [4.78, 5) is 3.91. The minimum Gasteiger partial charge on any atom is -0.492 e. The van der Waals surface area contributed by atoms with Gasteiger partial charge in [0.15, 0.2) is 5.03 Å². The molecular formula is C12H14BrN3O3S. The number of aryl methyl sites for hydroxylation is 1. The molecule has 1 aromatic heterocycles. The van der Waals surface area contributed by atoms with E-state index < -0.39 is 10.0 Å². The van der Waals surface area contributed by atoms with Gasteiger partial charge in [-0.1, -0.05) is 15.9 Å². The number of rotatable bonds is 5. The highest BCUT2D eigenvalue weighted by Gasteiger charge is 2.13. The van der Waals surface area contributed by atoms with Crippen LogP contribution >= 0.6 is 15.9 Å². The lowest BCUT2D eigenvalue weighted by atomic mass is 10.3. The fourth-order valence-electron chi connectivity index (χ4n) is 1.64. The van der Waals surface area contributed by atoms with Crippen molar-refractivity contribution in [1.29, 1.82) is 0 Å². The Morgan fingerprint density at radius 3 is 2.55 bits per heavy atom. The molecule has 0 fully saturated rings. The van der Waals surface area contributed by atoms with Crippen molar-refractivity contribution in [2.45, 2.75) is 18.5 Å². The first-order valence-corrected chi connectivity index (χ1v) is 8.15. The molecule has 0 bridgehead atoms. The predicted octanol–water partition coefficient (Wildman–Crippen LogP) is 1.68. The summed E-state index contributed by atoms with van der Waals surface area (Å²) < 4.78 is 30.6. The molecular weight excluding hydrogens is 346 g/mol. The highest BCUT2D eigenvalue weighted by atomic mass is 79.9. The number of hydrogen-bond donors (Lipinski definition) is 1. The Balaban J connectivity index is 1.98. The van der Waals surface area contributed by atoms with Crippen molar-refractivity contribution in [1.82, 2.24) is 9.55 Å². The van der Waals surface area contributed by atoms with Gasteiger partial charge in [-0.25, -0.2) is 18.5 Å². The van der Waals surface area contributed by atoms with E-state index in [0.29, 0.717) is 19.0 Å². The smallest absolute Gasteiger partial charge is 0.257 e. The SMILES string of the molecule is Cc1nc(S(N)(=O)=O)cn1CCOc1ccc(Br)cc1. The van der Waals surface area contributed by atoms with Gasteiger partial charge >= 0.3 is 0 Å². The molecule has 8 heteroatoms. The molecule has 2 aromatic rings. The van der Waals surface area contributed by atoms with E-state index in [1.165, 1.54) is 6.20 Å². The molecule has 0 unspecified atom stereocenters. The van der Waals surface area contributed by atoms with Crippen LogP contribution in [0.25, 0.3) is 0 Å². The fourth-order valence-corrected chi connectivity index (χ4v) is 2.43. The van der Waals surface area contributed by atoms with Crippen LogP contribution in [0, 0.1) is 6.92 Å². The molecule has 0 saturated carbocycles. The summed E-state index contributed by atoms with van der Waals surface area (Å²) >= 11 is 3.34. The van der Waals surface area contributed by atoms with Crippen LogP contribution in [0.2, 0.25) is 0 Å². The number of ether oxygens (including phenoxy) is 1. The number of aromatic nitrogens is 2. The van der Waals surface area contributed by atoms with Crippen molar-refractivity contribution in [2.24, 2.45) is 5.14 Å². The summed E-state index contributed by atoms with van der Waals surface area (Å²) in [7, 11) is -3.76. The molecule has 108 valence electrons. The topological polar surface area (TPSA) is 87.2 Å². The second-order valence-electron chi connectivity index (χ2n) is 4.17. The summed E-state index contributed by atoms with van der Waals surface area (Å²) in [5, 5.41) is 4.91. The van der Waals surface area contributed by atoms with Gasteiger partial charge < -0.3 is 9.30 Å². The zero-order chi connectivity index (χ0) is 14.8. The molecule has 2 rings (SSSR count). The summed E-state index contributed by atoms with van der Waals surface area (Å²) in [6, 6.07) is 7.47. The summed E-state index contributed by atoms with van der Waals surface area (Å²) in [6.07, 6.45) is 1.41. The Bertz CT molecular complexity index is 695. The molecule has 0 radical (unpaired) electrons. The van der Waals surface area contributed by atoms with Gasteiger partial charge in [-0.05, 0) is 31.2 Å². The van der Waals surface area contributed by atoms with Crippen LogP contribution in [0.1, 0.15) is 5.82 Å². The maximum Gasteiger partial charge on any atom is 0.257 e. The minimum absolute atomic E-state index is 0.126. The molecule has 1 heterocycles. The normalized spacial score (nSPS) is 11.6. The molecule has 0 amide bonds. The van der Waals surface area contributed by atoms with E-state index >= 15 is 0 Å². The van der Waals surface area contributed by atoms with Crippen LogP contribution in [0.4, 0.5) is 0 Å². The van der Waals surface area contributed by atoms with Crippen LogP contribution in [0.15, 0.2) is 40.0 Å². The highest BCUT2D eigenvalue weighted by Crippen LogP contribution is 2.16. The number of primary sulfonamides is 1. The number of halogens is 1. The van der Waals surface area contributed by atoms with Crippen LogP contribution in [0.3, 0.4) is 0 Å². The number of nitrogens with two attached hydrogens (primary N) is 1. The van der Waals surface area contributed by atoms with E-state index in [2.05, 4.69) is 20.9 Å². The predicted molar refractivity (Wildman–Crippen MR) is 78.0 cm³/mol. The van der Waals surface area contributed by atoms with Crippen molar-refractivity contribution in [2.75, 3.05) is 6.61 Å². The van der Waals surface area contributed by atoms with E-state index in [4.69, 9.17) is 9.88 Å². The van der Waals surface area contributed by atoms with E-state index in [1.54, 1.807) is 11.5 Å². The Hall–Kier alpha value is -1.38. The Morgan fingerprint density at radius 1 is 1.35 bits per heavy atom.